The summed E-state index contributed by atoms with van der Waals surface area (Å²) >= 11 is 0. The van der Waals surface area contributed by atoms with Gasteiger partial charge in [0.1, 0.15) is 0 Å². The van der Waals surface area contributed by atoms with E-state index in [-0.39, 0.29) is 30.5 Å². The summed E-state index contributed by atoms with van der Waals surface area (Å²) in [6, 6.07) is 0. The van der Waals surface area contributed by atoms with Gasteiger partial charge in [-0.1, -0.05) is 0 Å². The molecular formula is C11H30O12S3. The van der Waals surface area contributed by atoms with Gasteiger partial charge >= 0.3 is 0 Å². The first-order valence-electron chi connectivity index (χ1n) is 7.24. The van der Waals surface area contributed by atoms with Gasteiger partial charge in [-0.05, 0) is 33.6 Å². The number of aliphatic hydroxyl groups excluding tert-OH is 3. The predicted octanol–water partition coefficient (Wildman–Crippen LogP) is -1.21. The predicted molar refractivity (Wildman–Crippen MR) is 95.7 cm³/mol. The van der Waals surface area contributed by atoms with Gasteiger partial charge in [-0.2, -0.15) is 25.3 Å². The second-order valence-electron chi connectivity index (χ2n) is 4.31. The van der Waals surface area contributed by atoms with Crippen LogP contribution in [0.25, 0.3) is 0 Å². The quantitative estimate of drug-likeness (QED) is 0.251. The zero-order chi connectivity index (χ0) is 22.0. The van der Waals surface area contributed by atoms with E-state index in [1.54, 1.807) is 0 Å². The summed E-state index contributed by atoms with van der Waals surface area (Å²) in [5, 5.41) is 25.1. The van der Waals surface area contributed by atoms with E-state index in [1.165, 1.54) is 20.8 Å². The Morgan fingerprint density at radius 3 is 1.04 bits per heavy atom. The molecular weight excluding hydrogens is 420 g/mol. The first-order chi connectivity index (χ1) is 11.5. The minimum Gasteiger partial charge on any atom is -0.396 e. The summed E-state index contributed by atoms with van der Waals surface area (Å²) in [5.74, 6) is -0.604. The Bertz CT molecular complexity index is 518. The molecule has 0 aliphatic heterocycles. The molecule has 0 saturated carbocycles. The van der Waals surface area contributed by atoms with Crippen LogP contribution in [-0.4, -0.2) is 90.8 Å². The van der Waals surface area contributed by atoms with Crippen molar-refractivity contribution in [3.8, 4) is 0 Å². The fourth-order valence-corrected chi connectivity index (χ4v) is 0.418. The standard InChI is InChI=1S/C5H12O3.3C2H6O3S/c6-3-1-2-5(8)4-7;3*1-2-6(3,4)5/h5-8H,1-4H2;3*2H2,1H3,(H,3,4,5). The van der Waals surface area contributed by atoms with Crippen molar-refractivity contribution in [1.29, 1.82) is 0 Å². The van der Waals surface area contributed by atoms with Crippen LogP contribution in [0.3, 0.4) is 0 Å². The molecule has 1 unspecified atom stereocenters. The van der Waals surface area contributed by atoms with Crippen LogP contribution in [-0.2, 0) is 30.4 Å². The first kappa shape index (κ1) is 33.2. The zero-order valence-electron chi connectivity index (χ0n) is 14.9. The highest BCUT2D eigenvalue weighted by Gasteiger charge is 1.98. The molecule has 0 heterocycles. The fourth-order valence-electron chi connectivity index (χ4n) is 0.418. The Morgan fingerprint density at radius 2 is 0.923 bits per heavy atom. The van der Waals surface area contributed by atoms with Crippen molar-refractivity contribution >= 4 is 30.4 Å². The maximum absolute atomic E-state index is 9.56. The zero-order valence-corrected chi connectivity index (χ0v) is 17.3. The molecule has 164 valence electrons. The smallest absolute Gasteiger partial charge is 0.264 e. The molecule has 0 bridgehead atoms. The summed E-state index contributed by atoms with van der Waals surface area (Å²) in [7, 11) is -11.0. The topological polar surface area (TPSA) is 224 Å². The molecule has 0 aromatic rings. The van der Waals surface area contributed by atoms with Crippen LogP contribution < -0.4 is 0 Å². The van der Waals surface area contributed by atoms with E-state index in [4.69, 9.17) is 29.0 Å². The van der Waals surface area contributed by atoms with E-state index in [9.17, 15) is 25.3 Å². The number of hydrogen-bond donors (Lipinski definition) is 6. The Balaban J connectivity index is -0.000000125. The van der Waals surface area contributed by atoms with Gasteiger partial charge < -0.3 is 15.3 Å². The van der Waals surface area contributed by atoms with E-state index in [0.29, 0.717) is 12.8 Å². The van der Waals surface area contributed by atoms with Gasteiger partial charge in [0, 0.05) is 6.61 Å². The molecule has 0 aromatic carbocycles. The third-order valence-electron chi connectivity index (χ3n) is 2.00. The molecule has 0 spiro atoms. The lowest BCUT2D eigenvalue weighted by molar-refractivity contribution is 0.0817. The molecule has 15 heteroatoms. The Kier molecular flexibility index (Phi) is 23.0. The highest BCUT2D eigenvalue weighted by Crippen LogP contribution is 1.93. The maximum Gasteiger partial charge on any atom is 0.264 e. The van der Waals surface area contributed by atoms with Gasteiger partial charge in [-0.15, -0.1) is 0 Å². The van der Waals surface area contributed by atoms with E-state index >= 15 is 0 Å². The average Bonchev–Trinajstić information content (AvgIpc) is 2.52. The van der Waals surface area contributed by atoms with Crippen molar-refractivity contribution in [1.82, 2.24) is 0 Å². The van der Waals surface area contributed by atoms with E-state index in [0.717, 1.165) is 0 Å². The van der Waals surface area contributed by atoms with E-state index in [1.807, 2.05) is 0 Å². The summed E-state index contributed by atoms with van der Waals surface area (Å²) < 4.78 is 80.7. The average molecular weight is 451 g/mol. The molecule has 0 amide bonds. The number of hydrogen-bond acceptors (Lipinski definition) is 9. The SMILES string of the molecule is CCS(=O)(=O)O.CCS(=O)(=O)O.CCS(=O)(=O)O.OCCCC(O)CO. The highest BCUT2D eigenvalue weighted by atomic mass is 32.2. The molecule has 0 radical (unpaired) electrons. The van der Waals surface area contributed by atoms with Crippen molar-refractivity contribution < 1.29 is 54.2 Å². The molecule has 26 heavy (non-hydrogen) atoms. The molecule has 0 rings (SSSR count). The molecule has 6 N–H and O–H groups in total. The largest absolute Gasteiger partial charge is 0.396 e. The van der Waals surface area contributed by atoms with E-state index in [2.05, 4.69) is 0 Å². The summed E-state index contributed by atoms with van der Waals surface area (Å²) in [5.41, 5.74) is 0. The summed E-state index contributed by atoms with van der Waals surface area (Å²) in [6.07, 6.45) is 0.386. The molecule has 0 aliphatic carbocycles. The van der Waals surface area contributed by atoms with E-state index < -0.39 is 36.5 Å². The van der Waals surface area contributed by atoms with Crippen LogP contribution >= 0.6 is 0 Å². The first-order valence-corrected chi connectivity index (χ1v) is 12.1. The second-order valence-corrected chi connectivity index (χ2v) is 9.54. The van der Waals surface area contributed by atoms with Crippen molar-refractivity contribution in [3.05, 3.63) is 0 Å². The molecule has 0 fully saturated rings. The number of rotatable bonds is 7. The van der Waals surface area contributed by atoms with Crippen molar-refractivity contribution in [2.45, 2.75) is 39.7 Å². The monoisotopic (exact) mass is 450 g/mol. The van der Waals surface area contributed by atoms with Gasteiger partial charge in [-0.25, -0.2) is 0 Å². The van der Waals surface area contributed by atoms with Gasteiger partial charge in [0.2, 0.25) is 0 Å². The minimum absolute atomic E-state index is 0.0804. The Morgan fingerprint density at radius 1 is 0.692 bits per heavy atom. The molecule has 0 saturated heterocycles. The molecule has 1 atom stereocenters. The van der Waals surface area contributed by atoms with Crippen LogP contribution in [0.2, 0.25) is 0 Å². The van der Waals surface area contributed by atoms with Gasteiger partial charge in [0.15, 0.2) is 0 Å². The minimum atomic E-state index is -3.66. The van der Waals surface area contributed by atoms with Crippen LogP contribution in [0.5, 0.6) is 0 Å². The lowest BCUT2D eigenvalue weighted by Crippen LogP contribution is -2.11. The maximum atomic E-state index is 9.56. The van der Waals surface area contributed by atoms with Crippen LogP contribution in [0.4, 0.5) is 0 Å². The number of aliphatic hydroxyl groups is 3. The fraction of sp³-hybridized carbons (Fsp3) is 1.00. The van der Waals surface area contributed by atoms with Gasteiger partial charge in [0.25, 0.3) is 30.4 Å². The molecule has 0 aliphatic rings. The third kappa shape index (κ3) is 56.5. The normalized spacial score (nSPS) is 12.3. The summed E-state index contributed by atoms with van der Waals surface area (Å²) in [6.45, 7) is 3.98. The Labute approximate surface area is 155 Å². The van der Waals surface area contributed by atoms with Crippen LogP contribution in [0.15, 0.2) is 0 Å². The summed E-state index contributed by atoms with van der Waals surface area (Å²) in [4.78, 5) is 0. The molecule has 12 nitrogen and oxygen atoms in total. The lowest BCUT2D eigenvalue weighted by atomic mass is 10.2. The highest BCUT2D eigenvalue weighted by molar-refractivity contribution is 7.86. The second kappa shape index (κ2) is 18.0. The lowest BCUT2D eigenvalue weighted by Gasteiger charge is -2.02. The van der Waals surface area contributed by atoms with Crippen LogP contribution in [0.1, 0.15) is 33.6 Å². The van der Waals surface area contributed by atoms with Gasteiger partial charge in [0.05, 0.1) is 30.0 Å². The van der Waals surface area contributed by atoms with Crippen molar-refractivity contribution in [2.75, 3.05) is 30.5 Å². The van der Waals surface area contributed by atoms with Crippen molar-refractivity contribution in [3.63, 3.8) is 0 Å². The van der Waals surface area contributed by atoms with Gasteiger partial charge in [-0.3, -0.25) is 13.7 Å². The van der Waals surface area contributed by atoms with Crippen molar-refractivity contribution in [2.24, 2.45) is 0 Å². The Hall–Kier alpha value is -0.390. The van der Waals surface area contributed by atoms with Crippen LogP contribution in [0, 0.1) is 0 Å². The third-order valence-corrected chi connectivity index (χ3v) is 4.19. The molecule has 0 aromatic heterocycles.